The summed E-state index contributed by atoms with van der Waals surface area (Å²) in [5.41, 5.74) is 0.909. The maximum Gasteiger partial charge on any atom is 0.261 e. The highest BCUT2D eigenvalue weighted by molar-refractivity contribution is 9.10. The molecule has 2 heterocycles. The Kier molecular flexibility index (Phi) is 5.72. The van der Waals surface area contributed by atoms with Crippen LogP contribution in [0.25, 0.3) is 10.9 Å². The van der Waals surface area contributed by atoms with Gasteiger partial charge >= 0.3 is 0 Å². The standard InChI is InChI=1S/C19H26BrN3O/c1-3-5-15(13-8-10-21-11-9-13)18-22-17-7-6-14(20)12-16(17)19(24)23(18)4-2/h6-7,12-13,15,21H,3-5,8-11H2,1-2H3. The average molecular weight is 392 g/mol. The second-order valence-electron chi connectivity index (χ2n) is 6.66. The van der Waals surface area contributed by atoms with Gasteiger partial charge in [0.2, 0.25) is 0 Å². The number of benzene rings is 1. The first kappa shape index (κ1) is 17.6. The molecule has 0 spiro atoms. The number of hydrogen-bond acceptors (Lipinski definition) is 3. The zero-order valence-electron chi connectivity index (χ0n) is 14.5. The van der Waals surface area contributed by atoms with Crippen molar-refractivity contribution in [3.63, 3.8) is 0 Å². The summed E-state index contributed by atoms with van der Waals surface area (Å²) in [4.78, 5) is 18.0. The highest BCUT2D eigenvalue weighted by Gasteiger charge is 2.28. The van der Waals surface area contributed by atoms with Crippen molar-refractivity contribution >= 4 is 26.8 Å². The van der Waals surface area contributed by atoms with Crippen molar-refractivity contribution in [2.45, 2.75) is 52.0 Å². The van der Waals surface area contributed by atoms with E-state index in [1.54, 1.807) is 0 Å². The lowest BCUT2D eigenvalue weighted by molar-refractivity contribution is 0.290. The minimum atomic E-state index is 0.0915. The summed E-state index contributed by atoms with van der Waals surface area (Å²) in [5.74, 6) is 1.98. The predicted molar refractivity (Wildman–Crippen MR) is 103 cm³/mol. The number of rotatable bonds is 5. The molecule has 0 radical (unpaired) electrons. The number of nitrogens with one attached hydrogen (secondary N) is 1. The minimum absolute atomic E-state index is 0.0915. The summed E-state index contributed by atoms with van der Waals surface area (Å²) in [6, 6.07) is 5.81. The predicted octanol–water partition coefficient (Wildman–Crippen LogP) is 4.06. The van der Waals surface area contributed by atoms with Crippen LogP contribution in [0, 0.1) is 5.92 Å². The normalized spacial score (nSPS) is 17.3. The number of piperidine rings is 1. The van der Waals surface area contributed by atoms with Crippen LogP contribution in [0.1, 0.15) is 51.3 Å². The number of halogens is 1. The first-order valence-corrected chi connectivity index (χ1v) is 9.85. The van der Waals surface area contributed by atoms with E-state index in [2.05, 4.69) is 28.2 Å². The topological polar surface area (TPSA) is 46.9 Å². The van der Waals surface area contributed by atoms with Crippen LogP contribution in [0.4, 0.5) is 0 Å². The van der Waals surface area contributed by atoms with Gasteiger partial charge in [0.15, 0.2) is 0 Å². The van der Waals surface area contributed by atoms with Gasteiger partial charge in [-0.2, -0.15) is 0 Å². The van der Waals surface area contributed by atoms with Gasteiger partial charge in [0, 0.05) is 16.9 Å². The molecule has 1 N–H and O–H groups in total. The summed E-state index contributed by atoms with van der Waals surface area (Å²) in [5, 5.41) is 4.15. The third-order valence-electron chi connectivity index (χ3n) is 5.15. The number of hydrogen-bond donors (Lipinski definition) is 1. The van der Waals surface area contributed by atoms with Gasteiger partial charge in [-0.05, 0) is 63.4 Å². The molecule has 5 heteroatoms. The van der Waals surface area contributed by atoms with Gasteiger partial charge in [-0.25, -0.2) is 4.98 Å². The molecule has 0 bridgehead atoms. The van der Waals surface area contributed by atoms with Crippen molar-refractivity contribution in [3.05, 3.63) is 38.9 Å². The molecule has 0 saturated carbocycles. The number of aromatic nitrogens is 2. The van der Waals surface area contributed by atoms with Crippen LogP contribution in [0.5, 0.6) is 0 Å². The van der Waals surface area contributed by atoms with Gasteiger partial charge in [0.25, 0.3) is 5.56 Å². The summed E-state index contributed by atoms with van der Waals surface area (Å²) in [6.45, 7) is 7.08. The zero-order valence-corrected chi connectivity index (χ0v) is 16.1. The highest BCUT2D eigenvalue weighted by atomic mass is 79.9. The highest BCUT2D eigenvalue weighted by Crippen LogP contribution is 2.34. The summed E-state index contributed by atoms with van der Waals surface area (Å²) >= 11 is 3.47. The van der Waals surface area contributed by atoms with Crippen LogP contribution in [-0.2, 0) is 6.54 Å². The van der Waals surface area contributed by atoms with Crippen LogP contribution in [-0.4, -0.2) is 22.6 Å². The van der Waals surface area contributed by atoms with E-state index in [4.69, 9.17) is 4.98 Å². The molecule has 1 saturated heterocycles. The first-order valence-electron chi connectivity index (χ1n) is 9.06. The molecule has 1 unspecified atom stereocenters. The Morgan fingerprint density at radius 3 is 2.75 bits per heavy atom. The Hall–Kier alpha value is -1.20. The Morgan fingerprint density at radius 2 is 2.08 bits per heavy atom. The van der Waals surface area contributed by atoms with Crippen LogP contribution in [0.3, 0.4) is 0 Å². The van der Waals surface area contributed by atoms with Gasteiger partial charge in [0.05, 0.1) is 10.9 Å². The molecular weight excluding hydrogens is 366 g/mol. The Labute approximate surface area is 151 Å². The molecule has 1 fully saturated rings. The molecule has 3 rings (SSSR count). The number of fused-ring (bicyclic) bond motifs is 1. The van der Waals surface area contributed by atoms with E-state index in [0.29, 0.717) is 23.8 Å². The molecule has 1 atom stereocenters. The van der Waals surface area contributed by atoms with E-state index >= 15 is 0 Å². The van der Waals surface area contributed by atoms with Gasteiger partial charge in [-0.3, -0.25) is 9.36 Å². The monoisotopic (exact) mass is 391 g/mol. The first-order chi connectivity index (χ1) is 11.7. The smallest absolute Gasteiger partial charge is 0.261 e. The molecule has 130 valence electrons. The van der Waals surface area contributed by atoms with Crippen LogP contribution in [0.2, 0.25) is 0 Å². The second-order valence-corrected chi connectivity index (χ2v) is 7.58. The fourth-order valence-electron chi connectivity index (χ4n) is 3.93. The third-order valence-corrected chi connectivity index (χ3v) is 5.64. The maximum atomic E-state index is 13.0. The summed E-state index contributed by atoms with van der Waals surface area (Å²) < 4.78 is 2.82. The lowest BCUT2D eigenvalue weighted by Gasteiger charge is -2.31. The molecule has 24 heavy (non-hydrogen) atoms. The Balaban J connectivity index is 2.14. The molecule has 0 amide bonds. The van der Waals surface area contributed by atoms with Crippen molar-refractivity contribution in [1.82, 2.24) is 14.9 Å². The zero-order chi connectivity index (χ0) is 17.1. The van der Waals surface area contributed by atoms with Crippen molar-refractivity contribution < 1.29 is 0 Å². The van der Waals surface area contributed by atoms with Crippen LogP contribution in [0.15, 0.2) is 27.5 Å². The van der Waals surface area contributed by atoms with E-state index < -0.39 is 0 Å². The quantitative estimate of drug-likeness (QED) is 0.835. The third kappa shape index (κ3) is 3.42. The van der Waals surface area contributed by atoms with Crippen molar-refractivity contribution in [3.8, 4) is 0 Å². The average Bonchev–Trinajstić information content (AvgIpc) is 2.61. The molecule has 1 aromatic heterocycles. The van der Waals surface area contributed by atoms with Crippen LogP contribution >= 0.6 is 15.9 Å². The molecule has 0 aliphatic carbocycles. The second kappa shape index (κ2) is 7.79. The van der Waals surface area contributed by atoms with Crippen LogP contribution < -0.4 is 10.9 Å². The van der Waals surface area contributed by atoms with Crippen molar-refractivity contribution in [2.75, 3.05) is 13.1 Å². The van der Waals surface area contributed by atoms with Gasteiger partial charge < -0.3 is 5.32 Å². The van der Waals surface area contributed by atoms with E-state index in [-0.39, 0.29) is 5.56 Å². The Bertz CT molecular complexity index is 765. The lowest BCUT2D eigenvalue weighted by Crippen LogP contribution is -2.34. The van der Waals surface area contributed by atoms with Gasteiger partial charge in [-0.15, -0.1) is 0 Å². The molecule has 2 aromatic rings. The summed E-state index contributed by atoms with van der Waals surface area (Å²) in [6.07, 6.45) is 4.55. The SMILES string of the molecule is CCCC(c1nc2ccc(Br)cc2c(=O)n1CC)C1CCNCC1. The largest absolute Gasteiger partial charge is 0.317 e. The van der Waals surface area contributed by atoms with E-state index in [9.17, 15) is 4.79 Å². The molecule has 1 aliphatic rings. The fraction of sp³-hybridized carbons (Fsp3) is 0.579. The van der Waals surface area contributed by atoms with E-state index in [1.165, 1.54) is 12.8 Å². The van der Waals surface area contributed by atoms with Gasteiger partial charge in [0.1, 0.15) is 5.82 Å². The molecule has 1 aromatic carbocycles. The molecule has 1 aliphatic heterocycles. The van der Waals surface area contributed by atoms with E-state index in [0.717, 1.165) is 41.7 Å². The molecular formula is C19H26BrN3O. The lowest BCUT2D eigenvalue weighted by atomic mass is 9.81. The van der Waals surface area contributed by atoms with Crippen molar-refractivity contribution in [1.29, 1.82) is 0 Å². The van der Waals surface area contributed by atoms with E-state index in [1.807, 2.05) is 29.7 Å². The van der Waals surface area contributed by atoms with Crippen molar-refractivity contribution in [2.24, 2.45) is 5.92 Å². The number of nitrogens with zero attached hydrogens (tertiary/aromatic N) is 2. The minimum Gasteiger partial charge on any atom is -0.317 e. The molecule has 4 nitrogen and oxygen atoms in total. The fourth-order valence-corrected chi connectivity index (χ4v) is 4.29. The maximum absolute atomic E-state index is 13.0. The summed E-state index contributed by atoms with van der Waals surface area (Å²) in [7, 11) is 0. The van der Waals surface area contributed by atoms with Gasteiger partial charge in [-0.1, -0.05) is 29.3 Å². The Morgan fingerprint density at radius 1 is 1.33 bits per heavy atom.